The van der Waals surface area contributed by atoms with Gasteiger partial charge >= 0.3 is 24.2 Å². The van der Waals surface area contributed by atoms with Gasteiger partial charge in [0, 0.05) is 25.7 Å². The fraction of sp³-hybridized carbons (Fsp3) is 0.769. The predicted molar refractivity (Wildman–Crippen MR) is 471 cm³/mol. The number of nitrogens with two attached hydrogens (primary N) is 4. The second-order valence-electron chi connectivity index (χ2n) is 43.1. The highest BCUT2D eigenvalue weighted by molar-refractivity contribution is 6.38. The highest BCUT2D eigenvalue weighted by Crippen LogP contribution is 2.47. The molecule has 11 rings (SSSR count). The first-order valence-electron chi connectivity index (χ1n) is 45.2. The molecule has 9 fully saturated rings. The van der Waals surface area contributed by atoms with E-state index in [9.17, 15) is 82.1 Å². The number of carbonyl (C=O) groups excluding carboxylic acids is 14. The van der Waals surface area contributed by atoms with Gasteiger partial charge in [-0.1, -0.05) is 172 Å². The number of halogens is 1. The number of ketones is 1. The average Bonchev–Trinajstić information content (AvgIpc) is 1.63. The van der Waals surface area contributed by atoms with Gasteiger partial charge in [0.15, 0.2) is 6.10 Å². The summed E-state index contributed by atoms with van der Waals surface area (Å²) in [4.78, 5) is 199. The second-order valence-corrected chi connectivity index (χ2v) is 43.1. The Morgan fingerprint density at radius 2 is 0.794 bits per heavy atom. The van der Waals surface area contributed by atoms with E-state index in [0.29, 0.717) is 61.9 Å². The summed E-state index contributed by atoms with van der Waals surface area (Å²) in [6.07, 6.45) is 15.0. The minimum absolute atomic E-state index is 0. The molecule has 1 aromatic rings. The summed E-state index contributed by atoms with van der Waals surface area (Å²) >= 11 is 0. The summed E-state index contributed by atoms with van der Waals surface area (Å²) < 4.78 is 10.7. The summed E-state index contributed by atoms with van der Waals surface area (Å²) in [7, 11) is 0. The Morgan fingerprint density at radius 1 is 0.444 bits per heavy atom. The van der Waals surface area contributed by atoms with Crippen LogP contribution in [0.5, 0.6) is 0 Å². The van der Waals surface area contributed by atoms with Gasteiger partial charge < -0.3 is 94.3 Å². The predicted octanol–water partition coefficient (Wildman–Crippen LogP) is 7.25. The maximum atomic E-state index is 14.5. The number of aliphatic hydroxyl groups excluding tert-OH is 2. The van der Waals surface area contributed by atoms with E-state index in [0.717, 1.165) is 101 Å². The van der Waals surface area contributed by atoms with E-state index in [1.165, 1.54) is 29.1 Å². The third-order valence-corrected chi connectivity index (χ3v) is 26.9. The summed E-state index contributed by atoms with van der Waals surface area (Å²) in [6, 6.07) is -2.27. The molecule has 18 atom stereocenters. The van der Waals surface area contributed by atoms with Crippen molar-refractivity contribution in [2.45, 2.75) is 343 Å². The number of benzene rings is 1. The number of carbonyl (C=O) groups is 15. The Balaban J connectivity index is 0.000000251. The van der Waals surface area contributed by atoms with E-state index in [2.05, 4.69) is 31.9 Å². The Morgan fingerprint density at radius 3 is 1.13 bits per heavy atom. The number of hydrogen-bond donors (Lipinski definition) is 13. The van der Waals surface area contributed by atoms with Crippen LogP contribution in [-0.2, 0) is 57.4 Å². The van der Waals surface area contributed by atoms with E-state index in [4.69, 9.17) is 37.5 Å². The molecule has 708 valence electrons. The van der Waals surface area contributed by atoms with Gasteiger partial charge in [0.25, 0.3) is 17.7 Å². The van der Waals surface area contributed by atoms with E-state index in [1.807, 2.05) is 83.1 Å². The molecule has 3 saturated heterocycles. The lowest BCUT2D eigenvalue weighted by molar-refractivity contribution is -0.151. The maximum Gasteiger partial charge on any atom is 0.408 e. The van der Waals surface area contributed by atoms with Crippen LogP contribution in [0, 0.1) is 74.9 Å². The Bertz CT molecular complexity index is 4060. The van der Waals surface area contributed by atoms with Crippen molar-refractivity contribution in [3.63, 3.8) is 0 Å². The molecule has 35 heteroatoms. The SMILES string of the molecule is CC(C)(C)OC(=O)N[C@H](C(=O)N1C[C@@H]2CCC[C@@H]2[C@H]1C(=O)NC(CC1CCC1)C(O)C(N)=O)C(C)(C)C.CC(C)(C)OC(=O)N[C@H](C(=O)N1C[C@@H]2CCC[C@@H]2[C@H]1C(=O)O)C(C)(C)C.CC(C)(C)[C@H](NC(=O)N[C@H](CN1C(=O)c2ccccc2C1=O)C(C)(C)C)C(=O)N1C[C@@H]2CCC[C@@H]2[C@H]1C(=O)NC(CC1CCC1)C(=O)C(N)=O.Cl.NC(=O)C(O)C(N)CC1CCC1. The monoisotopic (exact) mass is 1790 g/mol. The lowest BCUT2D eigenvalue weighted by Crippen LogP contribution is -2.62. The first kappa shape index (κ1) is 104. The van der Waals surface area contributed by atoms with Crippen molar-refractivity contribution < 1.29 is 96.7 Å². The zero-order valence-electron chi connectivity index (χ0n) is 77.4. The number of hydrogen-bond acceptors (Lipinski definition) is 20. The van der Waals surface area contributed by atoms with Crippen LogP contribution >= 0.6 is 12.4 Å². The van der Waals surface area contributed by atoms with Crippen LogP contribution in [0.1, 0.15) is 280 Å². The molecule has 0 aromatic heterocycles. The molecule has 4 heterocycles. The van der Waals surface area contributed by atoms with Crippen molar-refractivity contribution in [3.05, 3.63) is 35.4 Å². The lowest BCUT2D eigenvalue weighted by atomic mass is 9.79. The number of primary amides is 3. The van der Waals surface area contributed by atoms with Crippen molar-refractivity contribution in [1.82, 2.24) is 51.5 Å². The summed E-state index contributed by atoms with van der Waals surface area (Å²) in [5, 5.41) is 46.2. The number of likely N-dealkylation sites (tertiary alicyclic amines) is 3. The second kappa shape index (κ2) is 42.7. The first-order chi connectivity index (χ1) is 57.9. The van der Waals surface area contributed by atoms with Crippen LogP contribution < -0.4 is 54.8 Å². The smallest absolute Gasteiger partial charge is 0.408 e. The molecule has 5 unspecified atom stereocenters. The van der Waals surface area contributed by atoms with Crippen LogP contribution in [0.4, 0.5) is 14.4 Å². The third kappa shape index (κ3) is 26.9. The molecule has 4 aliphatic heterocycles. The highest BCUT2D eigenvalue weighted by atomic mass is 35.5. The first-order valence-corrected chi connectivity index (χ1v) is 45.2. The van der Waals surface area contributed by atoms with Crippen molar-refractivity contribution in [2.75, 3.05) is 26.2 Å². The van der Waals surface area contributed by atoms with Crippen LogP contribution in [0.2, 0.25) is 0 Å². The molecule has 14 amide bonds. The maximum absolute atomic E-state index is 14.5. The number of nitrogens with one attached hydrogen (secondary N) is 6. The molecular formula is C91H147ClN14O20. The number of ether oxygens (including phenoxy) is 2. The lowest BCUT2D eigenvalue weighted by Gasteiger charge is -2.38. The van der Waals surface area contributed by atoms with Crippen molar-refractivity contribution in [3.8, 4) is 0 Å². The number of aliphatic hydroxyl groups is 2. The Kier molecular flexibility index (Phi) is 35.3. The number of carboxylic acid groups (broad SMARTS) is 1. The zero-order chi connectivity index (χ0) is 93.4. The standard InChI is InChI=1S/C37H52N6O7.C27H46N4O6.C19H32N2O5.C8H16N2O2.ClH/c1-36(2,3)26(19-43-32(47)23-14-7-8-15-24(23)33(43)48)40-35(50)41-29(37(4,5)6)34(49)42-18-21-13-10-16-22(21)27(42)31(46)39-25(28(44)30(38)45)17-20-11-9-12-20;1-26(2,3)21(30-25(36)37-27(4,5)6)24(35)31-14-16-11-8-12-17(16)19(31)23(34)29-18(20(32)22(28)33)13-15-9-7-10-15;1-18(2,3)14(20-17(25)26-19(4,5)6)15(22)21-10-11-8-7-9-12(11)13(21)16(23)24;9-6(7(11)8(10)12)4-5-2-1-3-5;/h7-8,14-15,20-22,25-27,29H,9-13,16-19H2,1-6H3,(H2,38,45)(H,39,46)(H2,40,41,50);15-21,32H,7-14H2,1-6H3,(H2,28,33)(H,29,34)(H,30,36);11-14H,7-10H2,1-6H3,(H,20,25)(H,23,24);5-7,11H,1-4,9H2,(H2,10,12);1H/t21-,22-,25?,26+,27-,29+;16-,17-,18?,19-,20?,21+;11-,12-,13-,14+;;/m000../s1. The van der Waals surface area contributed by atoms with Gasteiger partial charge in [-0.2, -0.15) is 0 Å². The van der Waals surface area contributed by atoms with Gasteiger partial charge in [0.1, 0.15) is 53.6 Å². The van der Waals surface area contributed by atoms with Crippen molar-refractivity contribution in [2.24, 2.45) is 97.9 Å². The average molecular weight is 1790 g/mol. The molecular weight excluding hydrogens is 1640 g/mol. The molecule has 6 saturated carbocycles. The molecule has 0 spiro atoms. The quantitative estimate of drug-likeness (QED) is 0.0321. The number of alkyl carbamates (subject to hydrolysis) is 2. The van der Waals surface area contributed by atoms with Crippen LogP contribution in [0.3, 0.4) is 0 Å². The summed E-state index contributed by atoms with van der Waals surface area (Å²) in [6.45, 7) is 33.9. The van der Waals surface area contributed by atoms with Crippen LogP contribution in [-0.4, -0.2) is 234 Å². The Labute approximate surface area is 748 Å². The Hall–Kier alpha value is -8.76. The molecule has 0 radical (unpaired) electrons. The van der Waals surface area contributed by atoms with E-state index in [1.54, 1.807) is 70.7 Å². The number of aliphatic carboxylic acids is 1. The molecule has 6 aliphatic carbocycles. The van der Waals surface area contributed by atoms with Crippen molar-refractivity contribution in [1.29, 1.82) is 0 Å². The fourth-order valence-corrected chi connectivity index (χ4v) is 19.3. The highest BCUT2D eigenvalue weighted by Gasteiger charge is 2.57. The number of nitrogens with zero attached hydrogens (tertiary/aromatic N) is 4. The fourth-order valence-electron chi connectivity index (χ4n) is 19.3. The summed E-state index contributed by atoms with van der Waals surface area (Å²) in [5.41, 5.74) is 17.9. The number of carboxylic acids is 1. The van der Waals surface area contributed by atoms with Gasteiger partial charge in [0.05, 0.1) is 35.8 Å². The third-order valence-electron chi connectivity index (χ3n) is 26.9. The normalized spacial score (nSPS) is 24.9. The number of imide groups is 1. The van der Waals surface area contributed by atoms with E-state index < -0.39 is 177 Å². The van der Waals surface area contributed by atoms with E-state index in [-0.39, 0.29) is 78.1 Å². The topological polar surface area (TPSA) is 524 Å². The van der Waals surface area contributed by atoms with Gasteiger partial charge in [-0.3, -0.25) is 57.6 Å². The molecule has 34 nitrogen and oxygen atoms in total. The molecule has 17 N–H and O–H groups in total. The summed E-state index contributed by atoms with van der Waals surface area (Å²) in [5.74, 6) is -5.81. The number of urea groups is 1. The van der Waals surface area contributed by atoms with E-state index >= 15 is 0 Å². The van der Waals surface area contributed by atoms with Gasteiger partial charge in [-0.15, -0.1) is 12.4 Å². The number of Topliss-reactive ketones (excluding diaryl/α,β-unsaturated/α-hetero) is 1. The van der Waals surface area contributed by atoms with Crippen molar-refractivity contribution >= 4 is 101 Å². The number of amides is 14. The minimum atomic E-state index is -1.49. The largest absolute Gasteiger partial charge is 0.480 e. The molecule has 0 bridgehead atoms. The molecule has 126 heavy (non-hydrogen) atoms. The van der Waals surface area contributed by atoms with Crippen LogP contribution in [0.15, 0.2) is 24.3 Å². The molecule has 10 aliphatic rings. The molecule has 1 aromatic carbocycles. The minimum Gasteiger partial charge on any atom is -0.480 e. The van der Waals surface area contributed by atoms with Gasteiger partial charge in [-0.05, 0) is 186 Å². The number of fused-ring (bicyclic) bond motifs is 4. The van der Waals surface area contributed by atoms with Crippen LogP contribution in [0.25, 0.3) is 0 Å². The van der Waals surface area contributed by atoms with Gasteiger partial charge in [0.2, 0.25) is 47.1 Å². The van der Waals surface area contributed by atoms with Gasteiger partial charge in [-0.25, -0.2) is 19.2 Å². The zero-order valence-corrected chi connectivity index (χ0v) is 78.2. The number of rotatable bonds is 26.